The molecule has 3 N–H and O–H groups in total. The van der Waals surface area contributed by atoms with E-state index in [2.05, 4.69) is 15.6 Å². The Kier molecular flexibility index (Phi) is 5.91. The number of aliphatic hydroxyl groups is 1. The Morgan fingerprint density at radius 2 is 2.09 bits per heavy atom. The van der Waals surface area contributed by atoms with Crippen molar-refractivity contribution in [3.63, 3.8) is 0 Å². The molecule has 1 aromatic carbocycles. The van der Waals surface area contributed by atoms with Crippen LogP contribution >= 0.6 is 11.3 Å². The summed E-state index contributed by atoms with van der Waals surface area (Å²) in [5.41, 5.74) is 1.88. The van der Waals surface area contributed by atoms with E-state index in [9.17, 15) is 9.90 Å². The Morgan fingerprint density at radius 1 is 1.36 bits per heavy atom. The molecule has 0 aliphatic carbocycles. The van der Waals surface area contributed by atoms with Gasteiger partial charge in [-0.15, -0.1) is 11.3 Å². The molecule has 1 heterocycles. The number of rotatable bonds is 6. The fourth-order valence-corrected chi connectivity index (χ4v) is 2.92. The molecule has 0 unspecified atom stereocenters. The summed E-state index contributed by atoms with van der Waals surface area (Å²) in [5.74, 6) is 0.161. The molecule has 0 saturated heterocycles. The van der Waals surface area contributed by atoms with Crippen LogP contribution in [0.5, 0.6) is 0 Å². The molecule has 2 atom stereocenters. The SMILES string of the molecule is Cc1csc([C@@H](C)CNC(=O)N[C@H](CO)c2ccccc2)n1. The van der Waals surface area contributed by atoms with Crippen LogP contribution in [0.1, 0.15) is 35.1 Å². The third-order valence-electron chi connectivity index (χ3n) is 3.32. The van der Waals surface area contributed by atoms with Gasteiger partial charge in [0.05, 0.1) is 17.7 Å². The van der Waals surface area contributed by atoms with Crippen LogP contribution in [0.3, 0.4) is 0 Å². The van der Waals surface area contributed by atoms with Gasteiger partial charge in [-0.05, 0) is 12.5 Å². The number of aliphatic hydroxyl groups excluding tert-OH is 1. The van der Waals surface area contributed by atoms with E-state index < -0.39 is 6.04 Å². The topological polar surface area (TPSA) is 74.2 Å². The van der Waals surface area contributed by atoms with E-state index in [1.807, 2.05) is 49.6 Å². The molecular weight excluding hydrogens is 298 g/mol. The zero-order chi connectivity index (χ0) is 15.9. The van der Waals surface area contributed by atoms with E-state index in [-0.39, 0.29) is 18.6 Å². The number of carbonyl (C=O) groups excluding carboxylic acids is 1. The van der Waals surface area contributed by atoms with Gasteiger partial charge in [0.25, 0.3) is 0 Å². The maximum atomic E-state index is 12.0. The van der Waals surface area contributed by atoms with E-state index in [4.69, 9.17) is 0 Å². The molecule has 118 valence electrons. The standard InChI is InChI=1S/C16H21N3O2S/c1-11(15-18-12(2)10-22-15)8-17-16(21)19-14(9-20)13-6-4-3-5-7-13/h3-7,10-11,14,20H,8-9H2,1-2H3,(H2,17,19,21)/t11-,14+/m0/s1. The summed E-state index contributed by atoms with van der Waals surface area (Å²) in [5, 5.41) is 18.1. The molecule has 2 rings (SSSR count). The number of hydrogen-bond donors (Lipinski definition) is 3. The normalized spacial score (nSPS) is 13.4. The molecule has 6 heteroatoms. The molecule has 22 heavy (non-hydrogen) atoms. The fourth-order valence-electron chi connectivity index (χ4n) is 2.06. The number of aryl methyl sites for hydroxylation is 1. The van der Waals surface area contributed by atoms with E-state index in [0.717, 1.165) is 16.3 Å². The number of nitrogens with one attached hydrogen (secondary N) is 2. The van der Waals surface area contributed by atoms with E-state index in [0.29, 0.717) is 6.54 Å². The largest absolute Gasteiger partial charge is 0.394 e. The summed E-state index contributed by atoms with van der Waals surface area (Å²) in [6.45, 7) is 4.35. The molecular formula is C16H21N3O2S. The third kappa shape index (κ3) is 4.54. The van der Waals surface area contributed by atoms with Crippen LogP contribution < -0.4 is 10.6 Å². The zero-order valence-electron chi connectivity index (χ0n) is 12.7. The van der Waals surface area contributed by atoms with Crippen LogP contribution in [-0.4, -0.2) is 29.3 Å². The van der Waals surface area contributed by atoms with Crippen molar-refractivity contribution < 1.29 is 9.90 Å². The Balaban J connectivity index is 1.84. The second-order valence-electron chi connectivity index (χ2n) is 5.23. The second-order valence-corrected chi connectivity index (χ2v) is 6.12. The van der Waals surface area contributed by atoms with Crippen molar-refractivity contribution in [1.82, 2.24) is 15.6 Å². The quantitative estimate of drug-likeness (QED) is 0.766. The van der Waals surface area contributed by atoms with Gasteiger partial charge < -0.3 is 15.7 Å². The lowest BCUT2D eigenvalue weighted by molar-refractivity contribution is 0.216. The van der Waals surface area contributed by atoms with Crippen LogP contribution in [0.2, 0.25) is 0 Å². The fraction of sp³-hybridized carbons (Fsp3) is 0.375. The summed E-state index contributed by atoms with van der Waals surface area (Å²) >= 11 is 1.60. The molecule has 2 amide bonds. The van der Waals surface area contributed by atoms with Crippen molar-refractivity contribution in [3.8, 4) is 0 Å². The number of aromatic nitrogens is 1. The lowest BCUT2D eigenvalue weighted by atomic mass is 10.1. The van der Waals surface area contributed by atoms with Gasteiger partial charge in [0.2, 0.25) is 0 Å². The first-order valence-electron chi connectivity index (χ1n) is 7.22. The highest BCUT2D eigenvalue weighted by Crippen LogP contribution is 2.19. The highest BCUT2D eigenvalue weighted by Gasteiger charge is 2.15. The molecule has 0 aliphatic heterocycles. The van der Waals surface area contributed by atoms with Gasteiger partial charge in [-0.1, -0.05) is 37.3 Å². The van der Waals surface area contributed by atoms with Gasteiger partial charge in [-0.2, -0.15) is 0 Å². The lowest BCUT2D eigenvalue weighted by Crippen LogP contribution is -2.40. The van der Waals surface area contributed by atoms with Gasteiger partial charge in [-0.3, -0.25) is 0 Å². The second kappa shape index (κ2) is 7.91. The average Bonchev–Trinajstić information content (AvgIpc) is 2.97. The Labute approximate surface area is 134 Å². The van der Waals surface area contributed by atoms with Gasteiger partial charge in [0, 0.05) is 23.5 Å². The van der Waals surface area contributed by atoms with Gasteiger partial charge in [-0.25, -0.2) is 9.78 Å². The van der Waals surface area contributed by atoms with Crippen molar-refractivity contribution in [1.29, 1.82) is 0 Å². The van der Waals surface area contributed by atoms with Gasteiger partial charge >= 0.3 is 6.03 Å². The molecule has 5 nitrogen and oxygen atoms in total. The molecule has 0 bridgehead atoms. The van der Waals surface area contributed by atoms with E-state index >= 15 is 0 Å². The maximum absolute atomic E-state index is 12.0. The first kappa shape index (κ1) is 16.5. The van der Waals surface area contributed by atoms with Crippen LogP contribution in [0.15, 0.2) is 35.7 Å². The summed E-state index contributed by atoms with van der Waals surface area (Å²) in [7, 11) is 0. The predicted octanol–water partition coefficient (Wildman–Crippen LogP) is 2.59. The van der Waals surface area contributed by atoms with Crippen molar-refractivity contribution in [2.24, 2.45) is 0 Å². The van der Waals surface area contributed by atoms with E-state index in [1.54, 1.807) is 11.3 Å². The summed E-state index contributed by atoms with van der Waals surface area (Å²) in [6, 6.07) is 8.72. The summed E-state index contributed by atoms with van der Waals surface area (Å²) in [4.78, 5) is 16.4. The molecule has 2 aromatic rings. The highest BCUT2D eigenvalue weighted by atomic mass is 32.1. The van der Waals surface area contributed by atoms with Crippen molar-refractivity contribution >= 4 is 17.4 Å². The number of thiazole rings is 1. The van der Waals surface area contributed by atoms with Crippen LogP contribution in [0.25, 0.3) is 0 Å². The first-order valence-corrected chi connectivity index (χ1v) is 8.10. The smallest absolute Gasteiger partial charge is 0.315 e. The maximum Gasteiger partial charge on any atom is 0.315 e. The number of hydrogen-bond acceptors (Lipinski definition) is 4. The van der Waals surface area contributed by atoms with Crippen molar-refractivity contribution in [2.75, 3.05) is 13.2 Å². The van der Waals surface area contributed by atoms with Crippen LogP contribution in [-0.2, 0) is 0 Å². The number of urea groups is 1. The number of benzene rings is 1. The minimum absolute atomic E-state index is 0.140. The van der Waals surface area contributed by atoms with Gasteiger partial charge in [0.15, 0.2) is 0 Å². The van der Waals surface area contributed by atoms with E-state index in [1.165, 1.54) is 0 Å². The monoisotopic (exact) mass is 319 g/mol. The van der Waals surface area contributed by atoms with Crippen molar-refractivity contribution in [2.45, 2.75) is 25.8 Å². The summed E-state index contributed by atoms with van der Waals surface area (Å²) in [6.07, 6.45) is 0. The molecule has 0 aliphatic rings. The first-order chi connectivity index (χ1) is 10.6. The Hall–Kier alpha value is -1.92. The number of nitrogens with zero attached hydrogens (tertiary/aromatic N) is 1. The molecule has 0 saturated carbocycles. The molecule has 1 aromatic heterocycles. The lowest BCUT2D eigenvalue weighted by Gasteiger charge is -2.18. The Bertz CT molecular complexity index is 600. The van der Waals surface area contributed by atoms with Crippen molar-refractivity contribution in [3.05, 3.63) is 52.0 Å². The average molecular weight is 319 g/mol. The molecule has 0 fully saturated rings. The summed E-state index contributed by atoms with van der Waals surface area (Å²) < 4.78 is 0. The number of carbonyl (C=O) groups is 1. The minimum atomic E-state index is -0.404. The van der Waals surface area contributed by atoms with Gasteiger partial charge in [0.1, 0.15) is 0 Å². The minimum Gasteiger partial charge on any atom is -0.394 e. The van der Waals surface area contributed by atoms with Crippen LogP contribution in [0, 0.1) is 6.92 Å². The molecule has 0 spiro atoms. The Morgan fingerprint density at radius 3 is 2.68 bits per heavy atom. The van der Waals surface area contributed by atoms with Crippen LogP contribution in [0.4, 0.5) is 4.79 Å². The third-order valence-corrected chi connectivity index (χ3v) is 4.51. The number of amides is 2. The molecule has 0 radical (unpaired) electrons. The predicted molar refractivity (Wildman–Crippen MR) is 88.1 cm³/mol. The highest BCUT2D eigenvalue weighted by molar-refractivity contribution is 7.09. The zero-order valence-corrected chi connectivity index (χ0v) is 13.6.